The lowest BCUT2D eigenvalue weighted by Gasteiger charge is -2.37. The number of hydrogen-bond acceptors (Lipinski definition) is 3. The maximum Gasteiger partial charge on any atom is 0.244 e. The van der Waals surface area contributed by atoms with Gasteiger partial charge in [0.15, 0.2) is 0 Å². The topological polar surface area (TPSA) is 40.6 Å². The summed E-state index contributed by atoms with van der Waals surface area (Å²) in [4.78, 5) is 2.13. The highest BCUT2D eigenvalue weighted by molar-refractivity contribution is 7.89. The SMILES string of the molecule is CC1CN(C)CCN1S(=O)(=O)c1cc(Cl)cc(CCl)c1Cl. The Morgan fingerprint density at radius 3 is 2.52 bits per heavy atom. The molecule has 0 bridgehead atoms. The zero-order valence-corrected chi connectivity index (χ0v) is 14.9. The summed E-state index contributed by atoms with van der Waals surface area (Å²) >= 11 is 18.0. The number of halogens is 3. The average Bonchev–Trinajstić information content (AvgIpc) is 2.40. The zero-order chi connectivity index (χ0) is 15.8. The van der Waals surface area contributed by atoms with Crippen molar-refractivity contribution in [1.29, 1.82) is 0 Å². The maximum atomic E-state index is 12.9. The molecule has 4 nitrogen and oxygen atoms in total. The molecule has 0 aromatic heterocycles. The highest BCUT2D eigenvalue weighted by Gasteiger charge is 2.34. The van der Waals surface area contributed by atoms with Crippen LogP contribution in [0.2, 0.25) is 10.0 Å². The molecule has 0 radical (unpaired) electrons. The largest absolute Gasteiger partial charge is 0.303 e. The molecule has 1 aliphatic heterocycles. The third-order valence-corrected chi connectivity index (χ3v) is 6.68. The van der Waals surface area contributed by atoms with Gasteiger partial charge in [0, 0.05) is 36.6 Å². The minimum Gasteiger partial charge on any atom is -0.303 e. The molecule has 1 aromatic rings. The normalized spacial score (nSPS) is 21.7. The van der Waals surface area contributed by atoms with Crippen molar-refractivity contribution in [2.24, 2.45) is 0 Å². The quantitative estimate of drug-likeness (QED) is 0.767. The summed E-state index contributed by atoms with van der Waals surface area (Å²) in [6.07, 6.45) is 0. The molecule has 0 saturated carbocycles. The molecule has 118 valence electrons. The summed E-state index contributed by atoms with van der Waals surface area (Å²) in [5.74, 6) is 0.111. The van der Waals surface area contributed by atoms with Gasteiger partial charge in [-0.1, -0.05) is 23.2 Å². The van der Waals surface area contributed by atoms with E-state index in [0.29, 0.717) is 30.2 Å². The lowest BCUT2D eigenvalue weighted by molar-refractivity contribution is 0.170. The van der Waals surface area contributed by atoms with Crippen LogP contribution in [0.5, 0.6) is 0 Å². The number of nitrogens with zero attached hydrogens (tertiary/aromatic N) is 2. The Hall–Kier alpha value is -0.0400. The third-order valence-electron chi connectivity index (χ3n) is 3.58. The number of alkyl halides is 1. The smallest absolute Gasteiger partial charge is 0.244 e. The van der Waals surface area contributed by atoms with Crippen molar-refractivity contribution in [3.63, 3.8) is 0 Å². The molecule has 1 heterocycles. The van der Waals surface area contributed by atoms with E-state index in [-0.39, 0.29) is 21.8 Å². The molecule has 1 aliphatic rings. The number of sulfonamides is 1. The number of likely N-dealkylation sites (N-methyl/N-ethyl adjacent to an activating group) is 1. The zero-order valence-electron chi connectivity index (χ0n) is 11.8. The first-order chi connectivity index (χ1) is 9.77. The van der Waals surface area contributed by atoms with Gasteiger partial charge in [-0.25, -0.2) is 8.42 Å². The molecule has 1 aromatic carbocycles. The van der Waals surface area contributed by atoms with Gasteiger partial charge in [-0.05, 0) is 31.7 Å². The van der Waals surface area contributed by atoms with Gasteiger partial charge in [-0.2, -0.15) is 4.31 Å². The molecule has 1 atom stereocenters. The summed E-state index contributed by atoms with van der Waals surface area (Å²) in [6.45, 7) is 3.68. The van der Waals surface area contributed by atoms with Crippen molar-refractivity contribution in [1.82, 2.24) is 9.21 Å². The molecular weight excluding hydrogens is 355 g/mol. The molecule has 2 rings (SSSR count). The lowest BCUT2D eigenvalue weighted by Crippen LogP contribution is -2.52. The molecule has 1 fully saturated rings. The molecule has 1 unspecified atom stereocenters. The Balaban J connectivity index is 2.47. The van der Waals surface area contributed by atoms with Crippen molar-refractivity contribution in [3.05, 3.63) is 27.7 Å². The van der Waals surface area contributed by atoms with Crippen molar-refractivity contribution in [3.8, 4) is 0 Å². The first-order valence-corrected chi connectivity index (χ1v) is 9.24. The maximum absolute atomic E-state index is 12.9. The highest BCUT2D eigenvalue weighted by Crippen LogP contribution is 2.33. The first kappa shape index (κ1) is 17.3. The summed E-state index contributed by atoms with van der Waals surface area (Å²) in [7, 11) is -1.72. The Kier molecular flexibility index (Phi) is 5.45. The van der Waals surface area contributed by atoms with E-state index in [1.807, 2.05) is 14.0 Å². The number of rotatable bonds is 3. The summed E-state index contributed by atoms with van der Waals surface area (Å²) < 4.78 is 27.2. The van der Waals surface area contributed by atoms with E-state index < -0.39 is 10.0 Å². The van der Waals surface area contributed by atoms with Gasteiger partial charge < -0.3 is 4.90 Å². The van der Waals surface area contributed by atoms with Crippen molar-refractivity contribution < 1.29 is 8.42 Å². The number of hydrogen-bond donors (Lipinski definition) is 0. The fourth-order valence-corrected chi connectivity index (χ4v) is 5.31. The minimum atomic E-state index is -3.69. The molecule has 1 saturated heterocycles. The second-order valence-corrected chi connectivity index (χ2v) is 8.18. The third kappa shape index (κ3) is 3.49. The van der Waals surface area contributed by atoms with Crippen LogP contribution in [-0.2, 0) is 15.9 Å². The van der Waals surface area contributed by atoms with Gasteiger partial charge >= 0.3 is 0 Å². The van der Waals surface area contributed by atoms with Crippen LogP contribution >= 0.6 is 34.8 Å². The van der Waals surface area contributed by atoms with Crippen LogP contribution in [0.3, 0.4) is 0 Å². The highest BCUT2D eigenvalue weighted by atomic mass is 35.5. The van der Waals surface area contributed by atoms with E-state index in [2.05, 4.69) is 4.90 Å². The number of benzene rings is 1. The number of piperazine rings is 1. The van der Waals surface area contributed by atoms with Crippen LogP contribution in [-0.4, -0.2) is 50.3 Å². The van der Waals surface area contributed by atoms with E-state index in [1.54, 1.807) is 6.07 Å². The van der Waals surface area contributed by atoms with Gasteiger partial charge in [-0.3, -0.25) is 0 Å². The van der Waals surface area contributed by atoms with Gasteiger partial charge in [0.25, 0.3) is 0 Å². The van der Waals surface area contributed by atoms with Crippen molar-refractivity contribution >= 4 is 44.8 Å². The molecule has 0 spiro atoms. The average molecular weight is 372 g/mol. The van der Waals surface area contributed by atoms with Crippen LogP contribution in [0, 0.1) is 0 Å². The summed E-state index contributed by atoms with van der Waals surface area (Å²) in [6, 6.07) is 2.85. The fraction of sp³-hybridized carbons (Fsp3) is 0.538. The van der Waals surface area contributed by atoms with E-state index in [4.69, 9.17) is 34.8 Å². The van der Waals surface area contributed by atoms with Crippen LogP contribution < -0.4 is 0 Å². The van der Waals surface area contributed by atoms with Crippen LogP contribution in [0.25, 0.3) is 0 Å². The van der Waals surface area contributed by atoms with Gasteiger partial charge in [-0.15, -0.1) is 11.6 Å². The Bertz CT molecular complexity index is 637. The van der Waals surface area contributed by atoms with Crippen LogP contribution in [0.15, 0.2) is 17.0 Å². The Morgan fingerprint density at radius 1 is 1.29 bits per heavy atom. The Labute approximate surface area is 140 Å². The van der Waals surface area contributed by atoms with Gasteiger partial charge in [0.05, 0.1) is 5.02 Å². The summed E-state index contributed by atoms with van der Waals surface area (Å²) in [5.41, 5.74) is 0.520. The monoisotopic (exact) mass is 370 g/mol. The summed E-state index contributed by atoms with van der Waals surface area (Å²) in [5, 5.41) is 0.468. The molecule has 0 amide bonds. The second-order valence-electron chi connectivity index (χ2n) is 5.24. The van der Waals surface area contributed by atoms with E-state index in [1.165, 1.54) is 10.4 Å². The second kappa shape index (κ2) is 6.60. The van der Waals surface area contributed by atoms with E-state index in [9.17, 15) is 8.42 Å². The van der Waals surface area contributed by atoms with Gasteiger partial charge in [0.2, 0.25) is 10.0 Å². The first-order valence-electron chi connectivity index (χ1n) is 6.51. The molecular formula is C13H17Cl3N2O2S. The van der Waals surface area contributed by atoms with Crippen molar-refractivity contribution in [2.45, 2.75) is 23.7 Å². The standard InChI is InChI=1S/C13H17Cl3N2O2S/c1-9-8-17(2)3-4-18(9)21(19,20)12-6-11(15)5-10(7-14)13(12)16/h5-6,9H,3-4,7-8H2,1-2H3. The van der Waals surface area contributed by atoms with E-state index in [0.717, 1.165) is 0 Å². The van der Waals surface area contributed by atoms with Gasteiger partial charge in [0.1, 0.15) is 4.90 Å². The van der Waals surface area contributed by atoms with Crippen LogP contribution in [0.4, 0.5) is 0 Å². The predicted octanol–water partition coefficient (Wildman–Crippen LogP) is 3.06. The molecule has 21 heavy (non-hydrogen) atoms. The van der Waals surface area contributed by atoms with Crippen molar-refractivity contribution in [2.75, 3.05) is 26.7 Å². The fourth-order valence-electron chi connectivity index (χ4n) is 2.51. The Morgan fingerprint density at radius 2 is 1.95 bits per heavy atom. The molecule has 0 aliphatic carbocycles. The molecule has 0 N–H and O–H groups in total. The molecule has 8 heteroatoms. The predicted molar refractivity (Wildman–Crippen MR) is 86.9 cm³/mol. The minimum absolute atomic E-state index is 0.0312. The van der Waals surface area contributed by atoms with E-state index >= 15 is 0 Å². The lowest BCUT2D eigenvalue weighted by atomic mass is 10.2. The van der Waals surface area contributed by atoms with Crippen LogP contribution in [0.1, 0.15) is 12.5 Å².